The second-order valence-electron chi connectivity index (χ2n) is 4.48. The summed E-state index contributed by atoms with van der Waals surface area (Å²) >= 11 is 0. The van der Waals surface area contributed by atoms with E-state index in [0.717, 1.165) is 0 Å². The summed E-state index contributed by atoms with van der Waals surface area (Å²) in [4.78, 5) is 15.2. The number of piperazine rings is 1. The van der Waals surface area contributed by atoms with Gasteiger partial charge in [-0.15, -0.1) is 0 Å². The van der Waals surface area contributed by atoms with E-state index in [1.54, 1.807) is 17.9 Å². The number of hydrogen-bond acceptors (Lipinski definition) is 4. The number of nitrogens with zero attached hydrogens (tertiary/aromatic N) is 3. The summed E-state index contributed by atoms with van der Waals surface area (Å²) in [5.74, 6) is -0.424. The molecular weight excluding hydrogens is 261 g/mol. The third-order valence-corrected chi connectivity index (χ3v) is 3.18. The lowest BCUT2D eigenvalue weighted by atomic mass is 10.2. The molecule has 0 aliphatic carbocycles. The van der Waals surface area contributed by atoms with Gasteiger partial charge in [-0.1, -0.05) is 0 Å². The van der Waals surface area contributed by atoms with Crippen LogP contribution < -0.4 is 4.90 Å². The van der Waals surface area contributed by atoms with Crippen LogP contribution in [0.4, 0.5) is 14.9 Å². The normalized spacial score (nSPS) is 14.8. The fourth-order valence-electron chi connectivity index (χ4n) is 2.18. The minimum atomic E-state index is -0.424. The van der Waals surface area contributed by atoms with Gasteiger partial charge in [0, 0.05) is 31.9 Å². The molecule has 1 aromatic rings. The minimum Gasteiger partial charge on any atom is -0.450 e. The van der Waals surface area contributed by atoms with Crippen LogP contribution in [-0.2, 0) is 4.74 Å². The summed E-state index contributed by atoms with van der Waals surface area (Å²) in [6.07, 6.45) is -0.316. The Balaban J connectivity index is 2.02. The molecule has 20 heavy (non-hydrogen) atoms. The van der Waals surface area contributed by atoms with Crippen LogP contribution in [0, 0.1) is 17.1 Å². The number of ether oxygens (including phenoxy) is 1. The van der Waals surface area contributed by atoms with Gasteiger partial charge in [-0.05, 0) is 25.1 Å². The monoisotopic (exact) mass is 277 g/mol. The standard InChI is InChI=1S/C14H16FN3O2/c1-2-20-14(19)18-5-3-17(4-6-18)13-8-11(10-16)7-12(15)9-13/h7-9H,2-6H2,1H3. The minimum absolute atomic E-state index is 0.299. The first-order valence-corrected chi connectivity index (χ1v) is 6.51. The third-order valence-electron chi connectivity index (χ3n) is 3.18. The number of amides is 1. The third kappa shape index (κ3) is 3.18. The van der Waals surface area contributed by atoms with Gasteiger partial charge in [0.2, 0.25) is 0 Å². The largest absolute Gasteiger partial charge is 0.450 e. The van der Waals surface area contributed by atoms with Crippen molar-refractivity contribution in [2.24, 2.45) is 0 Å². The second kappa shape index (κ2) is 6.24. The molecule has 0 aromatic heterocycles. The molecule has 0 unspecified atom stereocenters. The smallest absolute Gasteiger partial charge is 0.409 e. The van der Waals surface area contributed by atoms with Crippen LogP contribution in [0.1, 0.15) is 12.5 Å². The summed E-state index contributed by atoms with van der Waals surface area (Å²) in [6, 6.07) is 6.21. The molecule has 0 saturated carbocycles. The molecule has 1 aliphatic rings. The Morgan fingerprint density at radius 3 is 2.65 bits per heavy atom. The Kier molecular flexibility index (Phi) is 4.41. The molecule has 0 atom stereocenters. The topological polar surface area (TPSA) is 56.6 Å². The highest BCUT2D eigenvalue weighted by atomic mass is 19.1. The SMILES string of the molecule is CCOC(=O)N1CCN(c2cc(F)cc(C#N)c2)CC1. The van der Waals surface area contributed by atoms with Crippen LogP contribution in [0.25, 0.3) is 0 Å². The highest BCUT2D eigenvalue weighted by Crippen LogP contribution is 2.20. The van der Waals surface area contributed by atoms with E-state index in [1.165, 1.54) is 12.1 Å². The van der Waals surface area contributed by atoms with Gasteiger partial charge in [-0.25, -0.2) is 9.18 Å². The van der Waals surface area contributed by atoms with Crippen LogP contribution in [0.15, 0.2) is 18.2 Å². The molecule has 6 heteroatoms. The zero-order valence-electron chi connectivity index (χ0n) is 11.3. The van der Waals surface area contributed by atoms with Gasteiger partial charge in [0.15, 0.2) is 0 Å². The molecule has 1 saturated heterocycles. The summed E-state index contributed by atoms with van der Waals surface area (Å²) in [7, 11) is 0. The van der Waals surface area contributed by atoms with Crippen LogP contribution in [0.5, 0.6) is 0 Å². The average molecular weight is 277 g/mol. The molecule has 0 spiro atoms. The average Bonchev–Trinajstić information content (AvgIpc) is 2.47. The molecule has 0 N–H and O–H groups in total. The van der Waals surface area contributed by atoms with Crippen LogP contribution in [0.2, 0.25) is 0 Å². The van der Waals surface area contributed by atoms with Crippen molar-refractivity contribution < 1.29 is 13.9 Å². The van der Waals surface area contributed by atoms with Gasteiger partial charge in [0.1, 0.15) is 5.82 Å². The van der Waals surface area contributed by atoms with E-state index in [0.29, 0.717) is 44.0 Å². The van der Waals surface area contributed by atoms with Crippen molar-refractivity contribution in [3.8, 4) is 6.07 Å². The Hall–Kier alpha value is -2.29. The highest BCUT2D eigenvalue weighted by molar-refractivity contribution is 5.68. The fourth-order valence-corrected chi connectivity index (χ4v) is 2.18. The number of nitriles is 1. The number of carbonyl (C=O) groups is 1. The van der Waals surface area contributed by atoms with Crippen molar-refractivity contribution in [3.05, 3.63) is 29.6 Å². The zero-order valence-corrected chi connectivity index (χ0v) is 11.3. The molecule has 1 fully saturated rings. The first-order valence-electron chi connectivity index (χ1n) is 6.51. The highest BCUT2D eigenvalue weighted by Gasteiger charge is 2.22. The van der Waals surface area contributed by atoms with Crippen molar-refractivity contribution in [3.63, 3.8) is 0 Å². The van der Waals surface area contributed by atoms with Crippen molar-refractivity contribution in [1.82, 2.24) is 4.90 Å². The first kappa shape index (κ1) is 14.1. The molecule has 1 amide bonds. The van der Waals surface area contributed by atoms with E-state index in [1.807, 2.05) is 11.0 Å². The Morgan fingerprint density at radius 2 is 2.05 bits per heavy atom. The molecule has 2 rings (SSSR count). The summed E-state index contributed by atoms with van der Waals surface area (Å²) in [5, 5.41) is 8.85. The fraction of sp³-hybridized carbons (Fsp3) is 0.429. The number of benzene rings is 1. The molecule has 106 valence electrons. The van der Waals surface area contributed by atoms with Gasteiger partial charge in [0.25, 0.3) is 0 Å². The van der Waals surface area contributed by atoms with Crippen LogP contribution in [0.3, 0.4) is 0 Å². The molecule has 5 nitrogen and oxygen atoms in total. The van der Waals surface area contributed by atoms with Crippen molar-refractivity contribution >= 4 is 11.8 Å². The van der Waals surface area contributed by atoms with E-state index in [4.69, 9.17) is 10.00 Å². The van der Waals surface area contributed by atoms with Crippen LogP contribution in [-0.4, -0.2) is 43.8 Å². The lowest BCUT2D eigenvalue weighted by Gasteiger charge is -2.35. The van der Waals surface area contributed by atoms with E-state index in [-0.39, 0.29) is 6.09 Å². The maximum atomic E-state index is 13.4. The van der Waals surface area contributed by atoms with Gasteiger partial charge < -0.3 is 14.5 Å². The van der Waals surface area contributed by atoms with E-state index >= 15 is 0 Å². The Morgan fingerprint density at radius 1 is 1.35 bits per heavy atom. The Bertz CT molecular complexity index is 534. The Labute approximate surface area is 117 Å². The van der Waals surface area contributed by atoms with Crippen LogP contribution >= 0.6 is 0 Å². The summed E-state index contributed by atoms with van der Waals surface area (Å²) in [5.41, 5.74) is 0.970. The number of rotatable bonds is 2. The maximum Gasteiger partial charge on any atom is 0.409 e. The molecule has 1 aliphatic heterocycles. The van der Waals surface area contributed by atoms with Gasteiger partial charge >= 0.3 is 6.09 Å². The van der Waals surface area contributed by atoms with E-state index in [9.17, 15) is 9.18 Å². The predicted molar refractivity (Wildman–Crippen MR) is 71.9 cm³/mol. The molecule has 0 radical (unpaired) electrons. The van der Waals surface area contributed by atoms with Crippen molar-refractivity contribution in [1.29, 1.82) is 5.26 Å². The number of hydrogen-bond donors (Lipinski definition) is 0. The molecule has 1 aromatic carbocycles. The first-order chi connectivity index (χ1) is 9.63. The lowest BCUT2D eigenvalue weighted by Crippen LogP contribution is -2.49. The molecule has 0 bridgehead atoms. The lowest BCUT2D eigenvalue weighted by molar-refractivity contribution is 0.105. The molecular formula is C14H16FN3O2. The predicted octanol–water partition coefficient (Wildman–Crippen LogP) is 1.98. The summed E-state index contributed by atoms with van der Waals surface area (Å²) < 4.78 is 18.4. The number of halogens is 1. The number of anilines is 1. The molecule has 1 heterocycles. The van der Waals surface area contributed by atoms with Crippen molar-refractivity contribution in [2.45, 2.75) is 6.92 Å². The van der Waals surface area contributed by atoms with E-state index in [2.05, 4.69) is 0 Å². The van der Waals surface area contributed by atoms with Gasteiger partial charge in [-0.3, -0.25) is 0 Å². The summed E-state index contributed by atoms with van der Waals surface area (Å²) in [6.45, 7) is 4.35. The second-order valence-corrected chi connectivity index (χ2v) is 4.48. The van der Waals surface area contributed by atoms with Gasteiger partial charge in [0.05, 0.1) is 18.2 Å². The van der Waals surface area contributed by atoms with Crippen molar-refractivity contribution in [2.75, 3.05) is 37.7 Å². The quantitative estimate of drug-likeness (QED) is 0.829. The number of carbonyl (C=O) groups excluding carboxylic acids is 1. The van der Waals surface area contributed by atoms with E-state index < -0.39 is 5.82 Å². The zero-order chi connectivity index (χ0) is 14.5. The maximum absolute atomic E-state index is 13.4. The van der Waals surface area contributed by atoms with Gasteiger partial charge in [-0.2, -0.15) is 5.26 Å².